The van der Waals surface area contributed by atoms with Gasteiger partial charge < -0.3 is 14.6 Å². The summed E-state index contributed by atoms with van der Waals surface area (Å²) in [4.78, 5) is 29.8. The zero-order valence-electron chi connectivity index (χ0n) is 18.2. The molecule has 0 radical (unpaired) electrons. The molecule has 1 N–H and O–H groups in total. The smallest absolute Gasteiger partial charge is 0.350 e. The number of aromatic nitrogens is 5. The molecular formula is C24H20N6O4. The van der Waals surface area contributed by atoms with E-state index in [1.807, 2.05) is 37.3 Å². The molecule has 0 fully saturated rings. The number of pyridine rings is 1. The van der Waals surface area contributed by atoms with E-state index in [9.17, 15) is 9.59 Å². The molecule has 34 heavy (non-hydrogen) atoms. The number of carbonyl (C=O) groups excluding carboxylic acids is 1. The largest absolute Gasteiger partial charge is 0.494 e. The highest BCUT2D eigenvalue weighted by Crippen LogP contribution is 2.24. The van der Waals surface area contributed by atoms with Crippen LogP contribution in [0, 0.1) is 0 Å². The molecule has 5 aromatic rings. The number of ether oxygens (including phenoxy) is 1. The first kappa shape index (κ1) is 21.1. The summed E-state index contributed by atoms with van der Waals surface area (Å²) in [5, 5.41) is 11.1. The highest BCUT2D eigenvalue weighted by molar-refractivity contribution is 5.90. The topological polar surface area (TPSA) is 117 Å². The molecule has 1 amide bonds. The van der Waals surface area contributed by atoms with Gasteiger partial charge in [0.05, 0.1) is 12.2 Å². The van der Waals surface area contributed by atoms with Gasteiger partial charge in [0, 0.05) is 17.4 Å². The fraction of sp³-hybridized carbons (Fsp3) is 0.125. The van der Waals surface area contributed by atoms with Crippen molar-refractivity contribution in [2.75, 3.05) is 11.9 Å². The molecule has 2 aromatic carbocycles. The van der Waals surface area contributed by atoms with Crippen molar-refractivity contribution >= 4 is 17.2 Å². The van der Waals surface area contributed by atoms with E-state index in [1.165, 1.54) is 4.40 Å². The molecule has 0 aliphatic carbocycles. The Morgan fingerprint density at radius 1 is 1.06 bits per heavy atom. The molecule has 0 bridgehead atoms. The van der Waals surface area contributed by atoms with E-state index in [-0.39, 0.29) is 18.3 Å². The van der Waals surface area contributed by atoms with E-state index in [0.29, 0.717) is 35.1 Å². The second-order valence-electron chi connectivity index (χ2n) is 7.35. The van der Waals surface area contributed by atoms with Crippen molar-refractivity contribution in [1.82, 2.24) is 24.3 Å². The minimum atomic E-state index is -0.457. The number of rotatable bonds is 7. The first-order valence-corrected chi connectivity index (χ1v) is 10.6. The van der Waals surface area contributed by atoms with Crippen LogP contribution in [0.2, 0.25) is 0 Å². The lowest BCUT2D eigenvalue weighted by Crippen LogP contribution is -2.28. The molecule has 3 aromatic heterocycles. The predicted octanol–water partition coefficient (Wildman–Crippen LogP) is 3.25. The first-order chi connectivity index (χ1) is 16.6. The quantitative estimate of drug-likeness (QED) is 0.400. The molecule has 0 spiro atoms. The Balaban J connectivity index is 1.39. The molecule has 0 atom stereocenters. The average molecular weight is 456 g/mol. The number of benzene rings is 2. The molecule has 5 rings (SSSR count). The maximum absolute atomic E-state index is 12.8. The van der Waals surface area contributed by atoms with Crippen LogP contribution in [0.4, 0.5) is 5.69 Å². The van der Waals surface area contributed by atoms with Crippen LogP contribution in [0.25, 0.3) is 28.5 Å². The standard InChI is InChI=1S/C24H20N6O4/c1-2-33-18-12-10-17(11-13-18)25-20(31)15-30-24(32)29-14-6-9-19(22(29)27-30)23-26-21(28-34-23)16-7-4-3-5-8-16/h3-14H,2,15H2,1H3,(H,25,31). The van der Waals surface area contributed by atoms with E-state index >= 15 is 0 Å². The highest BCUT2D eigenvalue weighted by Gasteiger charge is 2.18. The number of anilines is 1. The Bertz CT molecular complexity index is 1500. The van der Waals surface area contributed by atoms with E-state index in [4.69, 9.17) is 9.26 Å². The summed E-state index contributed by atoms with van der Waals surface area (Å²) in [6, 6.07) is 19.8. The zero-order valence-corrected chi connectivity index (χ0v) is 18.2. The molecular weight excluding hydrogens is 436 g/mol. The molecule has 0 unspecified atom stereocenters. The van der Waals surface area contributed by atoms with Crippen molar-refractivity contribution in [2.24, 2.45) is 0 Å². The zero-order chi connectivity index (χ0) is 23.5. The molecule has 0 aliphatic heterocycles. The predicted molar refractivity (Wildman–Crippen MR) is 124 cm³/mol. The van der Waals surface area contributed by atoms with Gasteiger partial charge in [-0.3, -0.25) is 4.79 Å². The first-order valence-electron chi connectivity index (χ1n) is 10.6. The van der Waals surface area contributed by atoms with Crippen molar-refractivity contribution in [3.05, 3.63) is 83.4 Å². The van der Waals surface area contributed by atoms with Crippen LogP contribution in [0.5, 0.6) is 5.75 Å². The average Bonchev–Trinajstić information content (AvgIpc) is 3.47. The minimum absolute atomic E-state index is 0.223. The number of hydrogen-bond acceptors (Lipinski definition) is 7. The molecule has 170 valence electrons. The van der Waals surface area contributed by atoms with Crippen molar-refractivity contribution in [3.63, 3.8) is 0 Å². The lowest BCUT2D eigenvalue weighted by molar-refractivity contribution is -0.117. The van der Waals surface area contributed by atoms with Gasteiger partial charge in [0.2, 0.25) is 11.7 Å². The third-order valence-electron chi connectivity index (χ3n) is 5.04. The van der Waals surface area contributed by atoms with Gasteiger partial charge in [-0.15, -0.1) is 5.10 Å². The van der Waals surface area contributed by atoms with Crippen LogP contribution >= 0.6 is 0 Å². The third kappa shape index (κ3) is 4.16. The summed E-state index contributed by atoms with van der Waals surface area (Å²) < 4.78 is 13.3. The number of fused-ring (bicyclic) bond motifs is 1. The lowest BCUT2D eigenvalue weighted by Gasteiger charge is -2.06. The van der Waals surface area contributed by atoms with E-state index in [1.54, 1.807) is 42.6 Å². The van der Waals surface area contributed by atoms with Crippen molar-refractivity contribution < 1.29 is 14.1 Å². The van der Waals surface area contributed by atoms with Crippen molar-refractivity contribution in [3.8, 4) is 28.6 Å². The number of hydrogen-bond donors (Lipinski definition) is 1. The van der Waals surface area contributed by atoms with Crippen LogP contribution in [0.1, 0.15) is 6.92 Å². The van der Waals surface area contributed by atoms with Crippen molar-refractivity contribution in [2.45, 2.75) is 13.5 Å². The molecule has 0 saturated heterocycles. The van der Waals surface area contributed by atoms with Gasteiger partial charge in [-0.05, 0) is 43.3 Å². The SMILES string of the molecule is CCOc1ccc(NC(=O)Cn2nc3c(-c4nc(-c5ccccc5)no4)cccn3c2=O)cc1. The summed E-state index contributed by atoms with van der Waals surface area (Å²) in [6.07, 6.45) is 1.57. The van der Waals surface area contributed by atoms with E-state index < -0.39 is 5.69 Å². The van der Waals surface area contributed by atoms with Gasteiger partial charge >= 0.3 is 5.69 Å². The molecule has 10 heteroatoms. The highest BCUT2D eigenvalue weighted by atomic mass is 16.5. The fourth-order valence-corrected chi connectivity index (χ4v) is 3.48. The van der Waals surface area contributed by atoms with Gasteiger partial charge in [-0.25, -0.2) is 13.9 Å². The van der Waals surface area contributed by atoms with Gasteiger partial charge in [-0.1, -0.05) is 35.5 Å². The lowest BCUT2D eigenvalue weighted by atomic mass is 10.2. The van der Waals surface area contributed by atoms with Gasteiger partial charge in [0.1, 0.15) is 12.3 Å². The summed E-state index contributed by atoms with van der Waals surface area (Å²) >= 11 is 0. The van der Waals surface area contributed by atoms with Crippen LogP contribution in [-0.4, -0.2) is 36.8 Å². The molecule has 3 heterocycles. The maximum atomic E-state index is 12.8. The van der Waals surface area contributed by atoms with Crippen LogP contribution in [-0.2, 0) is 11.3 Å². The molecule has 0 aliphatic rings. The van der Waals surface area contributed by atoms with E-state index in [2.05, 4.69) is 20.6 Å². The van der Waals surface area contributed by atoms with Gasteiger partial charge in [0.15, 0.2) is 5.65 Å². The Kier molecular flexibility index (Phi) is 5.61. The Hall–Kier alpha value is -4.73. The van der Waals surface area contributed by atoms with Gasteiger partial charge in [-0.2, -0.15) is 4.98 Å². The number of nitrogens with zero attached hydrogens (tertiary/aromatic N) is 5. The second-order valence-corrected chi connectivity index (χ2v) is 7.35. The summed E-state index contributed by atoms with van der Waals surface area (Å²) in [7, 11) is 0. The minimum Gasteiger partial charge on any atom is -0.494 e. The Morgan fingerprint density at radius 2 is 1.85 bits per heavy atom. The number of nitrogens with one attached hydrogen (secondary N) is 1. The number of carbonyl (C=O) groups is 1. The summed E-state index contributed by atoms with van der Waals surface area (Å²) in [5.74, 6) is 0.968. The second kappa shape index (κ2) is 9.02. The normalized spacial score (nSPS) is 11.0. The van der Waals surface area contributed by atoms with E-state index in [0.717, 1.165) is 10.2 Å². The fourth-order valence-electron chi connectivity index (χ4n) is 3.48. The maximum Gasteiger partial charge on any atom is 0.350 e. The third-order valence-corrected chi connectivity index (χ3v) is 5.04. The summed E-state index contributed by atoms with van der Waals surface area (Å²) in [6.45, 7) is 2.20. The molecule has 10 nitrogen and oxygen atoms in total. The van der Waals surface area contributed by atoms with Gasteiger partial charge in [0.25, 0.3) is 5.89 Å². The Morgan fingerprint density at radius 3 is 2.62 bits per heavy atom. The molecule has 0 saturated carbocycles. The Labute approximate surface area is 193 Å². The number of amides is 1. The van der Waals surface area contributed by atoms with Crippen LogP contribution < -0.4 is 15.7 Å². The monoisotopic (exact) mass is 456 g/mol. The summed E-state index contributed by atoms with van der Waals surface area (Å²) in [5.41, 5.74) is 1.73. The van der Waals surface area contributed by atoms with Crippen LogP contribution in [0.15, 0.2) is 82.2 Å². The van der Waals surface area contributed by atoms with Crippen LogP contribution in [0.3, 0.4) is 0 Å². The van der Waals surface area contributed by atoms with Crippen molar-refractivity contribution in [1.29, 1.82) is 0 Å².